The van der Waals surface area contributed by atoms with Gasteiger partial charge in [-0.1, -0.05) is 0 Å². The normalized spacial score (nSPS) is 21.5. The van der Waals surface area contributed by atoms with E-state index in [1.165, 1.54) is 0 Å². The fraction of sp³-hybridized carbons (Fsp3) is 0.571. The Morgan fingerprint density at radius 2 is 2.43 bits per heavy atom. The molecule has 0 amide bonds. The number of β-amino-alcohol motifs (C(OH)–C–C–N with tert-alkyl or cyclic N) is 1. The number of morpholine rings is 1. The Morgan fingerprint density at radius 3 is 3.14 bits per heavy atom. The first-order valence-electron chi connectivity index (χ1n) is 7.12. The zero-order chi connectivity index (χ0) is 14.7. The van der Waals surface area contributed by atoms with E-state index in [9.17, 15) is 5.11 Å². The van der Waals surface area contributed by atoms with Crippen LogP contribution in [0.25, 0.3) is 0 Å². The van der Waals surface area contributed by atoms with E-state index in [1.54, 1.807) is 22.2 Å². The van der Waals surface area contributed by atoms with E-state index in [0.717, 1.165) is 23.8 Å². The van der Waals surface area contributed by atoms with Crippen LogP contribution in [-0.2, 0) is 11.3 Å². The van der Waals surface area contributed by atoms with Crippen molar-refractivity contribution in [2.45, 2.75) is 25.7 Å². The SMILES string of the molecule is Cc1csc([C@H]2CN(C[C@@H](O)Cn3cccn3)CCO2)n1. The van der Waals surface area contributed by atoms with Gasteiger partial charge in [0.25, 0.3) is 0 Å². The van der Waals surface area contributed by atoms with Crippen molar-refractivity contribution >= 4 is 11.3 Å². The van der Waals surface area contributed by atoms with Crippen molar-refractivity contribution in [3.63, 3.8) is 0 Å². The minimum absolute atomic E-state index is 0.0225. The van der Waals surface area contributed by atoms with Crippen LogP contribution < -0.4 is 0 Å². The molecule has 0 unspecified atom stereocenters. The number of nitrogens with zero attached hydrogens (tertiary/aromatic N) is 4. The highest BCUT2D eigenvalue weighted by Gasteiger charge is 2.25. The summed E-state index contributed by atoms with van der Waals surface area (Å²) in [5.41, 5.74) is 1.04. The molecule has 0 aliphatic carbocycles. The number of thiazole rings is 1. The summed E-state index contributed by atoms with van der Waals surface area (Å²) in [5.74, 6) is 0. The van der Waals surface area contributed by atoms with E-state index in [0.29, 0.717) is 19.7 Å². The third-order valence-corrected chi connectivity index (χ3v) is 4.54. The highest BCUT2D eigenvalue weighted by molar-refractivity contribution is 7.09. The maximum Gasteiger partial charge on any atom is 0.123 e. The largest absolute Gasteiger partial charge is 0.390 e. The van der Waals surface area contributed by atoms with Gasteiger partial charge in [-0.3, -0.25) is 9.58 Å². The maximum absolute atomic E-state index is 10.2. The Morgan fingerprint density at radius 1 is 1.52 bits per heavy atom. The molecule has 1 N–H and O–H groups in total. The summed E-state index contributed by atoms with van der Waals surface area (Å²) in [4.78, 5) is 6.73. The van der Waals surface area contributed by atoms with Gasteiger partial charge in [0.1, 0.15) is 11.1 Å². The van der Waals surface area contributed by atoms with Gasteiger partial charge in [0.05, 0.1) is 19.3 Å². The third kappa shape index (κ3) is 3.88. The lowest BCUT2D eigenvalue weighted by Gasteiger charge is -2.33. The van der Waals surface area contributed by atoms with Gasteiger partial charge in [-0.05, 0) is 13.0 Å². The van der Waals surface area contributed by atoms with Gasteiger partial charge >= 0.3 is 0 Å². The van der Waals surface area contributed by atoms with Crippen molar-refractivity contribution in [3.05, 3.63) is 34.5 Å². The number of aliphatic hydroxyl groups excluding tert-OH is 1. The molecular weight excluding hydrogens is 288 g/mol. The second kappa shape index (κ2) is 6.65. The van der Waals surface area contributed by atoms with Crippen molar-refractivity contribution in [1.29, 1.82) is 0 Å². The fourth-order valence-corrected chi connectivity index (χ4v) is 3.35. The number of aliphatic hydroxyl groups is 1. The molecule has 1 aliphatic heterocycles. The van der Waals surface area contributed by atoms with Gasteiger partial charge in [-0.25, -0.2) is 4.98 Å². The van der Waals surface area contributed by atoms with Gasteiger partial charge in [0, 0.05) is 43.1 Å². The summed E-state index contributed by atoms with van der Waals surface area (Å²) < 4.78 is 7.56. The Balaban J connectivity index is 1.53. The molecule has 0 aromatic carbocycles. The quantitative estimate of drug-likeness (QED) is 0.895. The highest BCUT2D eigenvalue weighted by atomic mass is 32.1. The smallest absolute Gasteiger partial charge is 0.123 e. The average Bonchev–Trinajstić information content (AvgIpc) is 3.10. The van der Waals surface area contributed by atoms with E-state index >= 15 is 0 Å². The van der Waals surface area contributed by atoms with Crippen LogP contribution in [0.15, 0.2) is 23.8 Å². The molecule has 2 aromatic heterocycles. The van der Waals surface area contributed by atoms with Crippen molar-refractivity contribution in [1.82, 2.24) is 19.7 Å². The molecule has 1 fully saturated rings. The first-order valence-corrected chi connectivity index (χ1v) is 8.00. The topological polar surface area (TPSA) is 63.4 Å². The summed E-state index contributed by atoms with van der Waals surface area (Å²) in [6.45, 7) is 5.45. The second-order valence-electron chi connectivity index (χ2n) is 5.33. The predicted octanol–water partition coefficient (Wildman–Crippen LogP) is 1.08. The molecule has 0 radical (unpaired) electrons. The minimum atomic E-state index is -0.429. The summed E-state index contributed by atoms with van der Waals surface area (Å²) in [6.07, 6.45) is 3.18. The van der Waals surface area contributed by atoms with Crippen molar-refractivity contribution < 1.29 is 9.84 Å². The number of hydrogen-bond acceptors (Lipinski definition) is 6. The molecule has 1 saturated heterocycles. The van der Waals surface area contributed by atoms with Crippen LogP contribution in [-0.4, -0.2) is 57.1 Å². The van der Waals surface area contributed by atoms with E-state index in [2.05, 4.69) is 15.0 Å². The number of aromatic nitrogens is 3. The lowest BCUT2D eigenvalue weighted by molar-refractivity contribution is -0.0438. The Bertz CT molecular complexity index is 557. The number of aryl methyl sites for hydroxylation is 1. The summed E-state index contributed by atoms with van der Waals surface area (Å²) in [7, 11) is 0. The molecule has 0 saturated carbocycles. The van der Waals surface area contributed by atoms with Crippen LogP contribution in [0.5, 0.6) is 0 Å². The van der Waals surface area contributed by atoms with Gasteiger partial charge in [0.2, 0.25) is 0 Å². The van der Waals surface area contributed by atoms with Gasteiger partial charge in [0.15, 0.2) is 0 Å². The third-order valence-electron chi connectivity index (χ3n) is 3.49. The van der Waals surface area contributed by atoms with Crippen molar-refractivity contribution in [2.75, 3.05) is 26.2 Å². The number of rotatable bonds is 5. The molecule has 3 heterocycles. The van der Waals surface area contributed by atoms with E-state index < -0.39 is 6.10 Å². The standard InChI is InChI=1S/C14H20N4O2S/c1-11-10-21-14(16-11)13-9-17(5-6-20-13)7-12(19)8-18-4-2-3-15-18/h2-4,10,12-13,19H,5-9H2,1H3/t12-,13-/m1/s1. The zero-order valence-electron chi connectivity index (χ0n) is 12.1. The van der Waals surface area contributed by atoms with Crippen LogP contribution in [0.4, 0.5) is 0 Å². The summed E-state index contributed by atoms with van der Waals surface area (Å²) in [6, 6.07) is 1.86. The van der Waals surface area contributed by atoms with Gasteiger partial charge < -0.3 is 9.84 Å². The van der Waals surface area contributed by atoms with Crippen molar-refractivity contribution in [3.8, 4) is 0 Å². The van der Waals surface area contributed by atoms with Crippen LogP contribution >= 0.6 is 11.3 Å². The molecule has 6 nitrogen and oxygen atoms in total. The number of ether oxygens (including phenoxy) is 1. The van der Waals surface area contributed by atoms with E-state index in [-0.39, 0.29) is 6.10 Å². The van der Waals surface area contributed by atoms with Crippen molar-refractivity contribution in [2.24, 2.45) is 0 Å². The number of hydrogen-bond donors (Lipinski definition) is 1. The Labute approximate surface area is 128 Å². The first kappa shape index (κ1) is 14.6. The molecule has 1 aliphatic rings. The lowest BCUT2D eigenvalue weighted by atomic mass is 10.2. The molecule has 21 heavy (non-hydrogen) atoms. The molecule has 2 atom stereocenters. The molecule has 7 heteroatoms. The minimum Gasteiger partial charge on any atom is -0.390 e. The van der Waals surface area contributed by atoms with Crippen LogP contribution in [0.1, 0.15) is 16.8 Å². The second-order valence-corrected chi connectivity index (χ2v) is 6.22. The molecule has 0 bridgehead atoms. The molecular formula is C14H20N4O2S. The zero-order valence-corrected chi connectivity index (χ0v) is 12.9. The molecule has 2 aromatic rings. The predicted molar refractivity (Wildman–Crippen MR) is 80.2 cm³/mol. The summed E-state index contributed by atoms with van der Waals surface area (Å²) in [5, 5.41) is 17.4. The monoisotopic (exact) mass is 308 g/mol. The fourth-order valence-electron chi connectivity index (χ4n) is 2.52. The average molecular weight is 308 g/mol. The summed E-state index contributed by atoms with van der Waals surface area (Å²) >= 11 is 1.64. The van der Waals surface area contributed by atoms with Crippen LogP contribution in [0.2, 0.25) is 0 Å². The molecule has 114 valence electrons. The van der Waals surface area contributed by atoms with Crippen LogP contribution in [0, 0.1) is 6.92 Å². The van der Waals surface area contributed by atoms with Gasteiger partial charge in [-0.15, -0.1) is 11.3 Å². The van der Waals surface area contributed by atoms with Crippen LogP contribution in [0.3, 0.4) is 0 Å². The van der Waals surface area contributed by atoms with Gasteiger partial charge in [-0.2, -0.15) is 5.10 Å². The van der Waals surface area contributed by atoms with E-state index in [4.69, 9.17) is 4.74 Å². The Hall–Kier alpha value is -1.28. The molecule has 0 spiro atoms. The highest BCUT2D eigenvalue weighted by Crippen LogP contribution is 2.25. The lowest BCUT2D eigenvalue weighted by Crippen LogP contribution is -2.43. The Kier molecular flexibility index (Phi) is 4.64. The van der Waals surface area contributed by atoms with E-state index in [1.807, 2.05) is 24.6 Å². The molecule has 3 rings (SSSR count). The first-order chi connectivity index (χ1) is 10.2. The maximum atomic E-state index is 10.2.